The van der Waals surface area contributed by atoms with Crippen molar-refractivity contribution < 1.29 is 19.7 Å². The number of ketones is 1. The van der Waals surface area contributed by atoms with Crippen LogP contribution in [0.25, 0.3) is 0 Å². The molecule has 2 N–H and O–H groups in total. The molecular weight excluding hydrogens is 220 g/mol. The van der Waals surface area contributed by atoms with E-state index in [1.54, 1.807) is 0 Å². The number of Topliss-reactive ketones (excluding diaryl/α,β-unsaturated/α-hetero) is 1. The Balaban J connectivity index is 2.71. The van der Waals surface area contributed by atoms with E-state index in [9.17, 15) is 15.0 Å². The van der Waals surface area contributed by atoms with Crippen LogP contribution in [0, 0.1) is 0 Å². The predicted molar refractivity (Wildman–Crippen MR) is 63.2 cm³/mol. The zero-order valence-corrected chi connectivity index (χ0v) is 10.3. The lowest BCUT2D eigenvalue weighted by atomic mass is 9.92. The molecule has 2 atom stereocenters. The van der Waals surface area contributed by atoms with Crippen molar-refractivity contribution in [2.45, 2.75) is 38.8 Å². The molecule has 0 bridgehead atoms. The fourth-order valence-electron chi connectivity index (χ4n) is 1.27. The highest BCUT2D eigenvalue weighted by molar-refractivity contribution is 5.85. The fraction of sp³-hybridized carbons (Fsp3) is 0.462. The van der Waals surface area contributed by atoms with Gasteiger partial charge in [-0.2, -0.15) is 0 Å². The molecule has 0 heterocycles. The first kappa shape index (κ1) is 13.8. The summed E-state index contributed by atoms with van der Waals surface area (Å²) in [6.45, 7) is 3.84. The molecule has 0 radical (unpaired) electrons. The first-order valence-electron chi connectivity index (χ1n) is 5.41. The van der Waals surface area contributed by atoms with E-state index in [2.05, 4.69) is 0 Å². The van der Waals surface area contributed by atoms with Crippen molar-refractivity contribution in [3.05, 3.63) is 35.9 Å². The molecule has 94 valence electrons. The van der Waals surface area contributed by atoms with E-state index in [-0.39, 0.29) is 6.61 Å². The molecule has 0 aliphatic rings. The first-order valence-corrected chi connectivity index (χ1v) is 5.41. The smallest absolute Gasteiger partial charge is 0.199 e. The number of rotatable bonds is 5. The maximum Gasteiger partial charge on any atom is 0.199 e. The number of aliphatic hydroxyl groups is 2. The third kappa shape index (κ3) is 3.12. The summed E-state index contributed by atoms with van der Waals surface area (Å²) < 4.78 is 5.23. The zero-order valence-electron chi connectivity index (χ0n) is 10.3. The quantitative estimate of drug-likeness (QED) is 0.758. The van der Waals surface area contributed by atoms with Crippen molar-refractivity contribution in [1.29, 1.82) is 0 Å². The third-order valence-electron chi connectivity index (χ3n) is 2.95. The van der Waals surface area contributed by atoms with Gasteiger partial charge >= 0.3 is 0 Å². The molecule has 4 heteroatoms. The molecule has 0 aliphatic heterocycles. The van der Waals surface area contributed by atoms with Crippen molar-refractivity contribution in [2.75, 3.05) is 0 Å². The van der Waals surface area contributed by atoms with Crippen LogP contribution in [0.4, 0.5) is 0 Å². The number of benzene rings is 1. The Morgan fingerprint density at radius 1 is 1.24 bits per heavy atom. The van der Waals surface area contributed by atoms with Gasteiger partial charge < -0.3 is 14.9 Å². The second-order valence-electron chi connectivity index (χ2n) is 4.39. The van der Waals surface area contributed by atoms with E-state index in [1.807, 2.05) is 30.3 Å². The molecule has 0 saturated heterocycles. The summed E-state index contributed by atoms with van der Waals surface area (Å²) in [5.74, 6) is -2.47. The standard InChI is InChI=1S/C13H18O4/c1-10(14)12(2,15)13(3,16)17-9-11-7-5-4-6-8-11/h4-8,15-16H,9H2,1-3H3/t12-,13+/m1/s1. The van der Waals surface area contributed by atoms with Crippen LogP contribution in [0.15, 0.2) is 30.3 Å². The van der Waals surface area contributed by atoms with E-state index < -0.39 is 17.2 Å². The van der Waals surface area contributed by atoms with E-state index in [1.165, 1.54) is 20.8 Å². The minimum Gasteiger partial charge on any atom is -0.377 e. The molecule has 0 fully saturated rings. The molecule has 4 nitrogen and oxygen atoms in total. The van der Waals surface area contributed by atoms with Gasteiger partial charge in [0.25, 0.3) is 0 Å². The Kier molecular flexibility index (Phi) is 4.03. The molecule has 0 aromatic heterocycles. The van der Waals surface area contributed by atoms with Gasteiger partial charge in [0.2, 0.25) is 0 Å². The Hall–Kier alpha value is -1.23. The lowest BCUT2D eigenvalue weighted by molar-refractivity contribution is -0.278. The highest BCUT2D eigenvalue weighted by Crippen LogP contribution is 2.25. The maximum atomic E-state index is 11.2. The Bertz CT molecular complexity index is 382. The summed E-state index contributed by atoms with van der Waals surface area (Å²) >= 11 is 0. The first-order chi connectivity index (χ1) is 7.77. The van der Waals surface area contributed by atoms with Crippen LogP contribution >= 0.6 is 0 Å². The van der Waals surface area contributed by atoms with Gasteiger partial charge in [0.15, 0.2) is 17.2 Å². The van der Waals surface area contributed by atoms with E-state index >= 15 is 0 Å². The van der Waals surface area contributed by atoms with Gasteiger partial charge in [-0.1, -0.05) is 30.3 Å². The van der Waals surface area contributed by atoms with Crippen molar-refractivity contribution in [3.8, 4) is 0 Å². The number of carbonyl (C=O) groups is 1. The Labute approximate surface area is 101 Å². The summed E-state index contributed by atoms with van der Waals surface area (Å²) in [7, 11) is 0. The van der Waals surface area contributed by atoms with Crippen molar-refractivity contribution in [1.82, 2.24) is 0 Å². The molecule has 0 amide bonds. The number of carbonyl (C=O) groups excluding carboxylic acids is 1. The lowest BCUT2D eigenvalue weighted by Crippen LogP contribution is -2.56. The maximum absolute atomic E-state index is 11.2. The SMILES string of the molecule is CC(=O)[C@@](C)(O)[C@@](C)(O)OCc1ccccc1. The van der Waals surface area contributed by atoms with Gasteiger partial charge in [-0.25, -0.2) is 0 Å². The predicted octanol–water partition coefficient (Wildman–Crippen LogP) is 1.25. The number of hydrogen-bond acceptors (Lipinski definition) is 4. The van der Waals surface area contributed by atoms with Crippen molar-refractivity contribution >= 4 is 5.78 Å². The number of hydrogen-bond donors (Lipinski definition) is 2. The molecule has 1 aromatic rings. The second-order valence-corrected chi connectivity index (χ2v) is 4.39. The van der Waals surface area contributed by atoms with E-state index in [4.69, 9.17) is 4.74 Å². The van der Waals surface area contributed by atoms with Crippen LogP contribution in [0.1, 0.15) is 26.3 Å². The zero-order chi connectivity index (χ0) is 13.1. The molecule has 0 spiro atoms. The summed E-state index contributed by atoms with van der Waals surface area (Å²) in [6, 6.07) is 9.22. The fourth-order valence-corrected chi connectivity index (χ4v) is 1.27. The van der Waals surface area contributed by atoms with Crippen LogP contribution in [0.3, 0.4) is 0 Å². The van der Waals surface area contributed by atoms with Gasteiger partial charge in [-0.3, -0.25) is 4.79 Å². The summed E-state index contributed by atoms with van der Waals surface area (Å²) in [6.07, 6.45) is 0. The lowest BCUT2D eigenvalue weighted by Gasteiger charge is -2.36. The summed E-state index contributed by atoms with van der Waals surface area (Å²) in [5.41, 5.74) is -1.07. The second kappa shape index (κ2) is 4.96. The minimum absolute atomic E-state index is 0.122. The van der Waals surface area contributed by atoms with Gasteiger partial charge in [0, 0.05) is 0 Å². The Morgan fingerprint density at radius 3 is 2.24 bits per heavy atom. The van der Waals surface area contributed by atoms with Crippen LogP contribution in [-0.4, -0.2) is 27.4 Å². The Morgan fingerprint density at radius 2 is 1.76 bits per heavy atom. The van der Waals surface area contributed by atoms with E-state index in [0.29, 0.717) is 0 Å². The molecule has 0 saturated carbocycles. The molecule has 1 rings (SSSR count). The molecule has 0 aliphatic carbocycles. The highest BCUT2D eigenvalue weighted by atomic mass is 16.6. The summed E-state index contributed by atoms with van der Waals surface area (Å²) in [5, 5.41) is 19.9. The van der Waals surface area contributed by atoms with E-state index in [0.717, 1.165) is 5.56 Å². The van der Waals surface area contributed by atoms with Gasteiger partial charge in [-0.05, 0) is 26.3 Å². The average Bonchev–Trinajstić information content (AvgIpc) is 2.27. The average molecular weight is 238 g/mol. The van der Waals surface area contributed by atoms with Crippen LogP contribution in [0.5, 0.6) is 0 Å². The minimum atomic E-state index is -1.93. The van der Waals surface area contributed by atoms with Gasteiger partial charge in [0.1, 0.15) is 0 Å². The van der Waals surface area contributed by atoms with Crippen molar-refractivity contribution in [2.24, 2.45) is 0 Å². The molecule has 1 aromatic carbocycles. The van der Waals surface area contributed by atoms with Crippen LogP contribution < -0.4 is 0 Å². The highest BCUT2D eigenvalue weighted by Gasteiger charge is 2.46. The molecule has 0 unspecified atom stereocenters. The van der Waals surface area contributed by atoms with Gasteiger partial charge in [0.05, 0.1) is 6.61 Å². The summed E-state index contributed by atoms with van der Waals surface area (Å²) in [4.78, 5) is 11.2. The monoisotopic (exact) mass is 238 g/mol. The van der Waals surface area contributed by atoms with Crippen molar-refractivity contribution in [3.63, 3.8) is 0 Å². The van der Waals surface area contributed by atoms with Crippen LogP contribution in [0.2, 0.25) is 0 Å². The normalized spacial score (nSPS) is 18.2. The number of ether oxygens (including phenoxy) is 1. The van der Waals surface area contributed by atoms with Crippen LogP contribution in [-0.2, 0) is 16.1 Å². The van der Waals surface area contributed by atoms with Gasteiger partial charge in [-0.15, -0.1) is 0 Å². The topological polar surface area (TPSA) is 66.8 Å². The third-order valence-corrected chi connectivity index (χ3v) is 2.95. The largest absolute Gasteiger partial charge is 0.377 e. The molecular formula is C13H18O4. The molecule has 17 heavy (non-hydrogen) atoms.